The van der Waals surface area contributed by atoms with Gasteiger partial charge in [-0.05, 0) is 13.0 Å². The highest BCUT2D eigenvalue weighted by molar-refractivity contribution is 4.78. The highest BCUT2D eigenvalue weighted by Gasteiger charge is 2.20. The van der Waals surface area contributed by atoms with Crippen molar-refractivity contribution in [2.45, 2.75) is 45.1 Å². The number of nitrogens with one attached hydrogen (secondary N) is 1. The van der Waals surface area contributed by atoms with Crippen LogP contribution in [0.2, 0.25) is 0 Å². The van der Waals surface area contributed by atoms with Crippen molar-refractivity contribution in [1.82, 2.24) is 10.2 Å². The molecule has 0 spiro atoms. The van der Waals surface area contributed by atoms with Gasteiger partial charge in [0.25, 0.3) is 0 Å². The second-order valence-corrected chi connectivity index (χ2v) is 4.49. The fourth-order valence-corrected chi connectivity index (χ4v) is 2.20. The smallest absolute Gasteiger partial charge is 0.0599 e. The Balaban J connectivity index is 2.07. The standard InChI is InChI=1S/C12H26N2O/c1-2-3-4-5-6-8-14-9-7-13-10-12(14)11-15/h12-13,15H,2-11H2,1H3/t12-/m0/s1. The fraction of sp³-hybridized carbons (Fsp3) is 1.00. The zero-order valence-corrected chi connectivity index (χ0v) is 10.0. The minimum absolute atomic E-state index is 0.294. The van der Waals surface area contributed by atoms with E-state index in [1.54, 1.807) is 0 Å². The van der Waals surface area contributed by atoms with E-state index in [0.717, 1.165) is 26.2 Å². The van der Waals surface area contributed by atoms with Gasteiger partial charge < -0.3 is 10.4 Å². The fourth-order valence-electron chi connectivity index (χ4n) is 2.20. The predicted octanol–water partition coefficient (Wildman–Crippen LogP) is 1.22. The molecule has 0 aromatic heterocycles. The lowest BCUT2D eigenvalue weighted by Crippen LogP contribution is -2.53. The van der Waals surface area contributed by atoms with Crippen molar-refractivity contribution in [3.8, 4) is 0 Å². The molecule has 0 amide bonds. The summed E-state index contributed by atoms with van der Waals surface area (Å²) in [5, 5.41) is 12.5. The van der Waals surface area contributed by atoms with Crippen LogP contribution in [0.1, 0.15) is 39.0 Å². The van der Waals surface area contributed by atoms with E-state index < -0.39 is 0 Å². The van der Waals surface area contributed by atoms with Crippen LogP contribution in [0.15, 0.2) is 0 Å². The van der Waals surface area contributed by atoms with E-state index in [1.807, 2.05) is 0 Å². The Kier molecular flexibility index (Phi) is 6.98. The monoisotopic (exact) mass is 214 g/mol. The van der Waals surface area contributed by atoms with Crippen LogP contribution >= 0.6 is 0 Å². The van der Waals surface area contributed by atoms with E-state index in [4.69, 9.17) is 0 Å². The molecule has 1 rings (SSSR count). The maximum atomic E-state index is 9.22. The normalized spacial score (nSPS) is 23.2. The van der Waals surface area contributed by atoms with E-state index in [-0.39, 0.29) is 0 Å². The first-order valence-corrected chi connectivity index (χ1v) is 6.44. The Morgan fingerprint density at radius 2 is 2.07 bits per heavy atom. The molecule has 15 heavy (non-hydrogen) atoms. The first-order valence-electron chi connectivity index (χ1n) is 6.44. The number of rotatable bonds is 7. The molecular formula is C12H26N2O. The highest BCUT2D eigenvalue weighted by atomic mass is 16.3. The van der Waals surface area contributed by atoms with Gasteiger partial charge in [-0.25, -0.2) is 0 Å². The number of unbranched alkanes of at least 4 members (excludes halogenated alkanes) is 4. The van der Waals surface area contributed by atoms with Crippen molar-refractivity contribution in [3.05, 3.63) is 0 Å². The largest absolute Gasteiger partial charge is 0.395 e. The van der Waals surface area contributed by atoms with Crippen LogP contribution in [-0.2, 0) is 0 Å². The van der Waals surface area contributed by atoms with Crippen LogP contribution in [0, 0.1) is 0 Å². The number of hydrogen-bond acceptors (Lipinski definition) is 3. The van der Waals surface area contributed by atoms with Crippen molar-refractivity contribution in [2.75, 3.05) is 32.8 Å². The van der Waals surface area contributed by atoms with Crippen molar-refractivity contribution >= 4 is 0 Å². The van der Waals surface area contributed by atoms with Crippen LogP contribution < -0.4 is 5.32 Å². The summed E-state index contributed by atoms with van der Waals surface area (Å²) in [5.41, 5.74) is 0. The Morgan fingerprint density at radius 1 is 1.27 bits per heavy atom. The number of hydrogen-bond donors (Lipinski definition) is 2. The second-order valence-electron chi connectivity index (χ2n) is 4.49. The molecule has 2 N–H and O–H groups in total. The van der Waals surface area contributed by atoms with Crippen LogP contribution in [0.25, 0.3) is 0 Å². The molecule has 1 aliphatic rings. The zero-order valence-electron chi connectivity index (χ0n) is 10.0. The van der Waals surface area contributed by atoms with Crippen molar-refractivity contribution < 1.29 is 5.11 Å². The van der Waals surface area contributed by atoms with E-state index in [0.29, 0.717) is 12.6 Å². The third kappa shape index (κ3) is 4.96. The molecule has 0 radical (unpaired) electrons. The minimum atomic E-state index is 0.294. The summed E-state index contributed by atoms with van der Waals surface area (Å²) in [5.74, 6) is 0. The van der Waals surface area contributed by atoms with E-state index in [9.17, 15) is 5.11 Å². The maximum absolute atomic E-state index is 9.22. The predicted molar refractivity (Wildman–Crippen MR) is 64.1 cm³/mol. The van der Waals surface area contributed by atoms with E-state index >= 15 is 0 Å². The van der Waals surface area contributed by atoms with Crippen molar-refractivity contribution in [1.29, 1.82) is 0 Å². The van der Waals surface area contributed by atoms with Gasteiger partial charge in [0.2, 0.25) is 0 Å². The topological polar surface area (TPSA) is 35.5 Å². The van der Waals surface area contributed by atoms with Gasteiger partial charge in [0.05, 0.1) is 6.61 Å². The summed E-state index contributed by atoms with van der Waals surface area (Å²) in [6.07, 6.45) is 6.68. The molecule has 0 aromatic rings. The van der Waals surface area contributed by atoms with Gasteiger partial charge in [-0.3, -0.25) is 4.90 Å². The van der Waals surface area contributed by atoms with Crippen LogP contribution in [0.4, 0.5) is 0 Å². The summed E-state index contributed by atoms with van der Waals surface area (Å²) in [6, 6.07) is 0.352. The molecule has 0 aromatic carbocycles. The molecule has 0 aliphatic carbocycles. The van der Waals surface area contributed by atoms with Gasteiger partial charge in [0.1, 0.15) is 0 Å². The molecule has 1 heterocycles. The maximum Gasteiger partial charge on any atom is 0.0599 e. The molecule has 3 nitrogen and oxygen atoms in total. The molecule has 0 unspecified atom stereocenters. The molecule has 1 saturated heterocycles. The van der Waals surface area contributed by atoms with Gasteiger partial charge in [0, 0.05) is 25.7 Å². The first kappa shape index (κ1) is 12.9. The lowest BCUT2D eigenvalue weighted by Gasteiger charge is -2.35. The van der Waals surface area contributed by atoms with Gasteiger partial charge in [-0.15, -0.1) is 0 Å². The molecule has 1 atom stereocenters. The number of piperazine rings is 1. The molecule has 3 heteroatoms. The molecule has 1 aliphatic heterocycles. The molecule has 90 valence electrons. The van der Waals surface area contributed by atoms with Crippen molar-refractivity contribution in [3.63, 3.8) is 0 Å². The lowest BCUT2D eigenvalue weighted by atomic mass is 10.1. The third-order valence-corrected chi connectivity index (χ3v) is 3.23. The Hall–Kier alpha value is -0.120. The van der Waals surface area contributed by atoms with Gasteiger partial charge >= 0.3 is 0 Å². The van der Waals surface area contributed by atoms with Crippen LogP contribution in [0.3, 0.4) is 0 Å². The first-order chi connectivity index (χ1) is 7.38. The average molecular weight is 214 g/mol. The summed E-state index contributed by atoms with van der Waals surface area (Å²) in [4.78, 5) is 2.43. The lowest BCUT2D eigenvalue weighted by molar-refractivity contribution is 0.0989. The molecular weight excluding hydrogens is 188 g/mol. The second kappa shape index (κ2) is 8.08. The SMILES string of the molecule is CCCCCCCN1CCNC[C@H]1CO. The van der Waals surface area contributed by atoms with E-state index in [2.05, 4.69) is 17.1 Å². The van der Waals surface area contributed by atoms with Gasteiger partial charge in [-0.1, -0.05) is 32.6 Å². The Morgan fingerprint density at radius 3 is 2.80 bits per heavy atom. The number of nitrogens with zero attached hydrogens (tertiary/aromatic N) is 1. The minimum Gasteiger partial charge on any atom is -0.395 e. The zero-order chi connectivity index (χ0) is 10.9. The van der Waals surface area contributed by atoms with Crippen LogP contribution in [-0.4, -0.2) is 48.8 Å². The van der Waals surface area contributed by atoms with Gasteiger partial charge in [0.15, 0.2) is 0 Å². The quantitative estimate of drug-likeness (QED) is 0.626. The molecule has 1 fully saturated rings. The average Bonchev–Trinajstić information content (AvgIpc) is 2.29. The Bertz CT molecular complexity index is 153. The summed E-state index contributed by atoms with van der Waals surface area (Å²) < 4.78 is 0. The van der Waals surface area contributed by atoms with Crippen molar-refractivity contribution in [2.24, 2.45) is 0 Å². The summed E-state index contributed by atoms with van der Waals surface area (Å²) >= 11 is 0. The third-order valence-electron chi connectivity index (χ3n) is 3.23. The Labute approximate surface area is 93.9 Å². The number of aliphatic hydroxyl groups excluding tert-OH is 1. The molecule has 0 bridgehead atoms. The van der Waals surface area contributed by atoms with E-state index in [1.165, 1.54) is 32.1 Å². The number of aliphatic hydroxyl groups is 1. The van der Waals surface area contributed by atoms with Crippen LogP contribution in [0.5, 0.6) is 0 Å². The summed E-state index contributed by atoms with van der Waals surface area (Å²) in [7, 11) is 0. The van der Waals surface area contributed by atoms with Gasteiger partial charge in [-0.2, -0.15) is 0 Å². The summed E-state index contributed by atoms with van der Waals surface area (Å²) in [6.45, 7) is 6.83. The molecule has 0 saturated carbocycles. The highest BCUT2D eigenvalue weighted by Crippen LogP contribution is 2.07.